The Morgan fingerprint density at radius 2 is 1.80 bits per heavy atom. The molecule has 0 radical (unpaired) electrons. The van der Waals surface area contributed by atoms with Gasteiger partial charge in [-0.25, -0.2) is 23.1 Å². The summed E-state index contributed by atoms with van der Waals surface area (Å²) in [4.78, 5) is 10.5. The lowest BCUT2D eigenvalue weighted by Gasteiger charge is -2.32. The van der Waals surface area contributed by atoms with E-state index in [4.69, 9.17) is 23.2 Å². The van der Waals surface area contributed by atoms with Gasteiger partial charge in [-0.05, 0) is 36.6 Å². The highest BCUT2D eigenvalue weighted by atomic mass is 35.5. The summed E-state index contributed by atoms with van der Waals surface area (Å²) in [6.07, 6.45) is 4.82. The van der Waals surface area contributed by atoms with Crippen molar-refractivity contribution in [2.75, 3.05) is 18.0 Å². The number of benzene rings is 1. The lowest BCUT2D eigenvalue weighted by molar-refractivity contribution is 0.456. The molecule has 1 N–H and O–H groups in total. The van der Waals surface area contributed by atoms with Gasteiger partial charge in [0.05, 0.1) is 15.8 Å². The molecule has 25 heavy (non-hydrogen) atoms. The van der Waals surface area contributed by atoms with Crippen molar-refractivity contribution in [2.24, 2.45) is 0 Å². The first kappa shape index (κ1) is 18.4. The van der Waals surface area contributed by atoms with E-state index >= 15 is 0 Å². The second-order valence-corrected chi connectivity index (χ2v) is 8.50. The van der Waals surface area contributed by atoms with Crippen LogP contribution in [0.5, 0.6) is 0 Å². The van der Waals surface area contributed by atoms with Gasteiger partial charge in [0.1, 0.15) is 0 Å². The normalized spacial score (nSPS) is 16.2. The molecule has 0 unspecified atom stereocenters. The second kappa shape index (κ2) is 7.86. The molecule has 1 saturated heterocycles. The average Bonchev–Trinajstić information content (AvgIpc) is 2.59. The molecule has 0 amide bonds. The summed E-state index contributed by atoms with van der Waals surface area (Å²) in [7, 11) is -3.45. The molecule has 1 aromatic carbocycles. The van der Waals surface area contributed by atoms with Gasteiger partial charge in [-0.3, -0.25) is 0 Å². The monoisotopic (exact) mass is 400 g/mol. The van der Waals surface area contributed by atoms with Crippen LogP contribution in [0.25, 0.3) is 0 Å². The molecule has 2 aromatic rings. The molecule has 1 fully saturated rings. The van der Waals surface area contributed by atoms with E-state index in [0.29, 0.717) is 47.5 Å². The van der Waals surface area contributed by atoms with E-state index in [9.17, 15) is 8.42 Å². The Morgan fingerprint density at radius 3 is 2.44 bits per heavy atom. The Balaban J connectivity index is 1.56. The summed E-state index contributed by atoms with van der Waals surface area (Å²) < 4.78 is 27.6. The minimum absolute atomic E-state index is 0.0901. The zero-order valence-electron chi connectivity index (χ0n) is 13.4. The number of hydrogen-bond donors (Lipinski definition) is 1. The van der Waals surface area contributed by atoms with Gasteiger partial charge >= 0.3 is 0 Å². The van der Waals surface area contributed by atoms with Crippen LogP contribution in [0.2, 0.25) is 10.0 Å². The first-order valence-electron chi connectivity index (χ1n) is 7.89. The second-order valence-electron chi connectivity index (χ2n) is 5.94. The minimum atomic E-state index is -3.45. The maximum absolute atomic E-state index is 12.4. The molecular weight excluding hydrogens is 383 g/mol. The van der Waals surface area contributed by atoms with Crippen molar-refractivity contribution in [3.8, 4) is 0 Å². The largest absolute Gasteiger partial charge is 0.341 e. The Hall–Kier alpha value is -1.41. The summed E-state index contributed by atoms with van der Waals surface area (Å²) in [5.74, 6) is 0.561. The Morgan fingerprint density at radius 1 is 1.12 bits per heavy atom. The van der Waals surface area contributed by atoms with Crippen LogP contribution in [0.3, 0.4) is 0 Å². The number of halogens is 2. The maximum Gasteiger partial charge on any atom is 0.225 e. The van der Waals surface area contributed by atoms with Gasteiger partial charge in [-0.1, -0.05) is 29.3 Å². The number of piperidine rings is 1. The number of aromatic nitrogens is 2. The topological polar surface area (TPSA) is 75.2 Å². The summed E-state index contributed by atoms with van der Waals surface area (Å²) in [5, 5.41) is 0.761. The van der Waals surface area contributed by atoms with Crippen LogP contribution in [0.1, 0.15) is 18.4 Å². The van der Waals surface area contributed by atoms with Crippen molar-refractivity contribution in [3.63, 3.8) is 0 Å². The van der Waals surface area contributed by atoms with Crippen molar-refractivity contribution < 1.29 is 8.42 Å². The number of nitrogens with zero attached hydrogens (tertiary/aromatic N) is 3. The van der Waals surface area contributed by atoms with Gasteiger partial charge < -0.3 is 4.90 Å². The SMILES string of the molecule is O=S(=O)(Cc1ccc(Cl)c(Cl)c1)NC1CCN(c2ncccn2)CC1. The Labute approximate surface area is 157 Å². The van der Waals surface area contributed by atoms with E-state index in [1.165, 1.54) is 0 Å². The standard InChI is InChI=1S/C16H18Cl2N4O2S/c17-14-3-2-12(10-15(14)18)11-25(23,24)21-13-4-8-22(9-5-13)16-19-6-1-7-20-16/h1-3,6-7,10,13,21H,4-5,8-9,11H2. The number of nitrogens with one attached hydrogen (secondary N) is 1. The highest BCUT2D eigenvalue weighted by Gasteiger charge is 2.24. The fourth-order valence-electron chi connectivity index (χ4n) is 2.80. The maximum atomic E-state index is 12.4. The van der Waals surface area contributed by atoms with Crippen LogP contribution in [0.4, 0.5) is 5.95 Å². The number of anilines is 1. The minimum Gasteiger partial charge on any atom is -0.341 e. The molecule has 134 valence electrons. The van der Waals surface area contributed by atoms with Gasteiger partial charge in [-0.2, -0.15) is 0 Å². The predicted octanol–water partition coefficient (Wildman–Crippen LogP) is 2.87. The summed E-state index contributed by atoms with van der Waals surface area (Å²) >= 11 is 11.8. The van der Waals surface area contributed by atoms with Gasteiger partial charge in [-0.15, -0.1) is 0 Å². The molecular formula is C16H18Cl2N4O2S. The van der Waals surface area contributed by atoms with Crippen molar-refractivity contribution in [2.45, 2.75) is 24.6 Å². The first-order valence-corrected chi connectivity index (χ1v) is 10.3. The number of sulfonamides is 1. The first-order chi connectivity index (χ1) is 11.9. The van der Waals surface area contributed by atoms with Crippen LogP contribution in [0, 0.1) is 0 Å². The molecule has 3 rings (SSSR count). The molecule has 0 saturated carbocycles. The number of hydrogen-bond acceptors (Lipinski definition) is 5. The quantitative estimate of drug-likeness (QED) is 0.834. The van der Waals surface area contributed by atoms with Crippen molar-refractivity contribution >= 4 is 39.2 Å². The lowest BCUT2D eigenvalue weighted by atomic mass is 10.1. The predicted molar refractivity (Wildman–Crippen MR) is 99.5 cm³/mol. The highest BCUT2D eigenvalue weighted by Crippen LogP contribution is 2.24. The molecule has 2 heterocycles. The average molecular weight is 401 g/mol. The van der Waals surface area contributed by atoms with Crippen LogP contribution in [-0.2, 0) is 15.8 Å². The molecule has 0 spiro atoms. The molecule has 1 aliphatic rings. The molecule has 1 aliphatic heterocycles. The molecule has 1 aromatic heterocycles. The molecule has 0 bridgehead atoms. The summed E-state index contributed by atoms with van der Waals surface area (Å²) in [6.45, 7) is 1.42. The molecule has 0 aliphatic carbocycles. The van der Waals surface area contributed by atoms with Gasteiger partial charge in [0.25, 0.3) is 0 Å². The molecule has 6 nitrogen and oxygen atoms in total. The van der Waals surface area contributed by atoms with E-state index in [1.807, 2.05) is 0 Å². The highest BCUT2D eigenvalue weighted by molar-refractivity contribution is 7.88. The zero-order valence-corrected chi connectivity index (χ0v) is 15.7. The third-order valence-corrected chi connectivity index (χ3v) is 6.16. The molecule has 9 heteroatoms. The van der Waals surface area contributed by atoms with E-state index in [2.05, 4.69) is 19.6 Å². The Bertz CT molecular complexity index is 825. The third kappa shape index (κ3) is 5.04. The summed E-state index contributed by atoms with van der Waals surface area (Å²) in [5.41, 5.74) is 0.608. The zero-order chi connectivity index (χ0) is 17.9. The van der Waals surface area contributed by atoms with Crippen LogP contribution in [-0.4, -0.2) is 37.5 Å². The van der Waals surface area contributed by atoms with Crippen molar-refractivity contribution in [1.29, 1.82) is 0 Å². The fourth-order valence-corrected chi connectivity index (χ4v) is 4.56. The van der Waals surface area contributed by atoms with E-state index in [-0.39, 0.29) is 11.8 Å². The van der Waals surface area contributed by atoms with Gasteiger partial charge in [0.2, 0.25) is 16.0 Å². The van der Waals surface area contributed by atoms with Crippen LogP contribution in [0.15, 0.2) is 36.7 Å². The third-order valence-electron chi connectivity index (χ3n) is 4.02. The van der Waals surface area contributed by atoms with Crippen LogP contribution >= 0.6 is 23.2 Å². The van der Waals surface area contributed by atoms with E-state index < -0.39 is 10.0 Å². The fraction of sp³-hybridized carbons (Fsp3) is 0.375. The van der Waals surface area contributed by atoms with Gasteiger partial charge in [0, 0.05) is 31.5 Å². The van der Waals surface area contributed by atoms with Crippen molar-refractivity contribution in [1.82, 2.24) is 14.7 Å². The van der Waals surface area contributed by atoms with Crippen LogP contribution < -0.4 is 9.62 Å². The molecule has 0 atom stereocenters. The van der Waals surface area contributed by atoms with Crippen molar-refractivity contribution in [3.05, 3.63) is 52.3 Å². The Kier molecular flexibility index (Phi) is 5.78. The van der Waals surface area contributed by atoms with E-state index in [1.54, 1.807) is 36.7 Å². The van der Waals surface area contributed by atoms with E-state index in [0.717, 1.165) is 0 Å². The lowest BCUT2D eigenvalue weighted by Crippen LogP contribution is -2.45. The summed E-state index contributed by atoms with van der Waals surface area (Å²) in [6, 6.07) is 6.54. The number of rotatable bonds is 5. The smallest absolute Gasteiger partial charge is 0.225 e. The van der Waals surface area contributed by atoms with Gasteiger partial charge in [0.15, 0.2) is 0 Å².